The number of hydrogen-bond donors (Lipinski definition) is 4. The number of rotatable bonds is 6. The molecule has 1 aliphatic carbocycles. The smallest absolute Gasteiger partial charge is 0.291 e. The summed E-state index contributed by atoms with van der Waals surface area (Å²) in [4.78, 5) is 28.4. The molecular formula is C28H32N8O3. The second-order valence-electron chi connectivity index (χ2n) is 9.41. The molecule has 1 saturated heterocycles. The van der Waals surface area contributed by atoms with Crippen molar-refractivity contribution in [3.63, 3.8) is 0 Å². The highest BCUT2D eigenvalue weighted by Gasteiger charge is 2.27. The molecule has 1 amide bonds. The SMILES string of the molecule is N=C(C(C=NC1CCC1)=C(N)OC(N)=NC1N=C(c2ccccc2)c2ccccc2NC1=O)N1CCOCC1. The molecule has 202 valence electrons. The fraction of sp³-hybridized carbons (Fsp3) is 0.321. The van der Waals surface area contributed by atoms with Crippen molar-refractivity contribution in [3.05, 3.63) is 77.2 Å². The zero-order valence-electron chi connectivity index (χ0n) is 21.5. The Bertz CT molecular complexity index is 1340. The van der Waals surface area contributed by atoms with Crippen molar-refractivity contribution in [3.8, 4) is 0 Å². The summed E-state index contributed by atoms with van der Waals surface area (Å²) in [5.41, 5.74) is 15.5. The van der Waals surface area contributed by atoms with Crippen molar-refractivity contribution < 1.29 is 14.3 Å². The minimum atomic E-state index is -1.22. The standard InChI is InChI=1S/C28H32N8O3/c29-24(36-13-15-38-16-14-36)21(17-32-19-9-6-10-19)25(30)39-28(31)35-26-27(37)33-22-12-5-4-11-20(22)23(34-26)18-7-2-1-3-8-18/h1-5,7-8,11-12,17,19,26,29H,6,9-10,13-16,30H2,(H2,31,35)(H,33,37). The number of nitrogens with one attached hydrogen (secondary N) is 2. The Morgan fingerprint density at radius 3 is 2.54 bits per heavy atom. The van der Waals surface area contributed by atoms with Gasteiger partial charge in [-0.05, 0) is 25.3 Å². The average molecular weight is 529 g/mol. The monoisotopic (exact) mass is 528 g/mol. The highest BCUT2D eigenvalue weighted by atomic mass is 16.5. The highest BCUT2D eigenvalue weighted by Crippen LogP contribution is 2.25. The summed E-state index contributed by atoms with van der Waals surface area (Å²) in [7, 11) is 0. The third-order valence-electron chi connectivity index (χ3n) is 6.77. The van der Waals surface area contributed by atoms with E-state index in [4.69, 9.17) is 26.4 Å². The summed E-state index contributed by atoms with van der Waals surface area (Å²) in [5.74, 6) is -0.422. The van der Waals surface area contributed by atoms with E-state index < -0.39 is 12.1 Å². The van der Waals surface area contributed by atoms with E-state index in [1.807, 2.05) is 59.5 Å². The predicted octanol–water partition coefficient (Wildman–Crippen LogP) is 2.24. The quantitative estimate of drug-likeness (QED) is 0.255. The van der Waals surface area contributed by atoms with Crippen LogP contribution in [0.4, 0.5) is 5.69 Å². The Hall–Kier alpha value is -4.51. The normalized spacial score (nSPS) is 20.8. The van der Waals surface area contributed by atoms with Gasteiger partial charge in [-0.2, -0.15) is 4.99 Å². The number of nitrogens with two attached hydrogens (primary N) is 2. The molecule has 0 aromatic heterocycles. The first-order valence-electron chi connectivity index (χ1n) is 13.0. The Labute approximate surface area is 226 Å². The molecule has 11 nitrogen and oxygen atoms in total. The van der Waals surface area contributed by atoms with Crippen LogP contribution >= 0.6 is 0 Å². The number of ether oxygens (including phenoxy) is 2. The van der Waals surface area contributed by atoms with Gasteiger partial charge >= 0.3 is 0 Å². The van der Waals surface area contributed by atoms with Gasteiger partial charge in [0, 0.05) is 36.5 Å². The lowest BCUT2D eigenvalue weighted by molar-refractivity contribution is -0.117. The van der Waals surface area contributed by atoms with E-state index in [0.717, 1.165) is 30.4 Å². The van der Waals surface area contributed by atoms with Gasteiger partial charge in [-0.15, -0.1) is 0 Å². The van der Waals surface area contributed by atoms with Crippen LogP contribution in [-0.2, 0) is 14.3 Å². The van der Waals surface area contributed by atoms with Crippen LogP contribution in [0.3, 0.4) is 0 Å². The van der Waals surface area contributed by atoms with E-state index in [9.17, 15) is 4.79 Å². The number of benzodiazepines with no additional fused rings is 1. The first-order valence-corrected chi connectivity index (χ1v) is 13.0. The molecule has 1 unspecified atom stereocenters. The summed E-state index contributed by atoms with van der Waals surface area (Å²) < 4.78 is 11.1. The molecule has 2 heterocycles. The fourth-order valence-electron chi connectivity index (χ4n) is 4.39. The van der Waals surface area contributed by atoms with Crippen LogP contribution in [0.5, 0.6) is 0 Å². The minimum Gasteiger partial charge on any atom is -0.409 e. The van der Waals surface area contributed by atoms with E-state index in [1.165, 1.54) is 0 Å². The topological polar surface area (TPSA) is 164 Å². The number of aliphatic imine (C=N–C) groups is 3. The molecule has 6 N–H and O–H groups in total. The van der Waals surface area contributed by atoms with Crippen molar-refractivity contribution in [1.29, 1.82) is 5.41 Å². The summed E-state index contributed by atoms with van der Waals surface area (Å²) in [6.45, 7) is 2.13. The molecule has 2 aromatic carbocycles. The largest absolute Gasteiger partial charge is 0.409 e. The van der Waals surface area contributed by atoms with Crippen molar-refractivity contribution in [1.82, 2.24) is 4.90 Å². The number of fused-ring (bicyclic) bond motifs is 1. The number of anilines is 1. The average Bonchev–Trinajstić information content (AvgIpc) is 3.06. The summed E-state index contributed by atoms with van der Waals surface area (Å²) in [6, 6.07) is 16.8. The predicted molar refractivity (Wildman–Crippen MR) is 151 cm³/mol. The Morgan fingerprint density at radius 1 is 1.10 bits per heavy atom. The second-order valence-corrected chi connectivity index (χ2v) is 9.41. The second kappa shape index (κ2) is 11.9. The maximum atomic E-state index is 13.1. The fourth-order valence-corrected chi connectivity index (χ4v) is 4.39. The first-order chi connectivity index (χ1) is 19.0. The van der Waals surface area contributed by atoms with Crippen molar-refractivity contribution >= 4 is 35.4 Å². The molecule has 39 heavy (non-hydrogen) atoms. The molecule has 0 bridgehead atoms. The third-order valence-corrected chi connectivity index (χ3v) is 6.77. The number of amidine groups is 2. The third kappa shape index (κ3) is 6.15. The van der Waals surface area contributed by atoms with Gasteiger partial charge in [0.2, 0.25) is 12.0 Å². The molecule has 0 spiro atoms. The van der Waals surface area contributed by atoms with Gasteiger partial charge in [0.15, 0.2) is 0 Å². The first kappa shape index (κ1) is 26.1. The Morgan fingerprint density at radius 2 is 1.82 bits per heavy atom. The molecule has 5 rings (SSSR count). The van der Waals surface area contributed by atoms with Crippen molar-refractivity contribution in [2.75, 3.05) is 31.6 Å². The van der Waals surface area contributed by atoms with Gasteiger partial charge in [0.05, 0.1) is 30.2 Å². The van der Waals surface area contributed by atoms with E-state index >= 15 is 0 Å². The molecule has 11 heteroatoms. The summed E-state index contributed by atoms with van der Waals surface area (Å²) in [5, 5.41) is 11.6. The lowest BCUT2D eigenvalue weighted by Crippen LogP contribution is -2.42. The molecule has 1 saturated carbocycles. The van der Waals surface area contributed by atoms with Crippen LogP contribution < -0.4 is 16.8 Å². The van der Waals surface area contributed by atoms with Crippen LogP contribution in [0.15, 0.2) is 81.0 Å². The van der Waals surface area contributed by atoms with Gasteiger partial charge in [0.1, 0.15) is 5.84 Å². The number of carbonyl (C=O) groups excluding carboxylic acids is 1. The number of nitrogens with zero attached hydrogens (tertiary/aromatic N) is 4. The van der Waals surface area contributed by atoms with Gasteiger partial charge in [-0.3, -0.25) is 15.2 Å². The molecule has 2 aliphatic heterocycles. The number of hydrogen-bond acceptors (Lipinski definition) is 8. The van der Waals surface area contributed by atoms with Gasteiger partial charge < -0.3 is 31.2 Å². The van der Waals surface area contributed by atoms with E-state index in [-0.39, 0.29) is 23.8 Å². The number of benzene rings is 2. The zero-order valence-corrected chi connectivity index (χ0v) is 21.5. The van der Waals surface area contributed by atoms with E-state index in [0.29, 0.717) is 43.3 Å². The van der Waals surface area contributed by atoms with Crippen LogP contribution in [-0.4, -0.2) is 73.1 Å². The lowest BCUT2D eigenvalue weighted by atomic mass is 9.94. The van der Waals surface area contributed by atoms with Gasteiger partial charge in [0.25, 0.3) is 11.9 Å². The van der Waals surface area contributed by atoms with Crippen LogP contribution in [0.25, 0.3) is 0 Å². The summed E-state index contributed by atoms with van der Waals surface area (Å²) in [6.07, 6.45) is 3.49. The minimum absolute atomic E-state index is 0.125. The lowest BCUT2D eigenvalue weighted by Gasteiger charge is -2.29. The number of morpholine rings is 1. The van der Waals surface area contributed by atoms with Crippen LogP contribution in [0.2, 0.25) is 0 Å². The van der Waals surface area contributed by atoms with E-state index in [2.05, 4.69) is 20.3 Å². The van der Waals surface area contributed by atoms with Crippen molar-refractivity contribution in [2.45, 2.75) is 31.5 Å². The van der Waals surface area contributed by atoms with Gasteiger partial charge in [-0.25, -0.2) is 4.99 Å². The Balaban J connectivity index is 1.44. The number of carbonyl (C=O) groups is 1. The van der Waals surface area contributed by atoms with E-state index in [1.54, 1.807) is 6.21 Å². The molecule has 0 radical (unpaired) electrons. The molecule has 2 aromatic rings. The molecular weight excluding hydrogens is 496 g/mol. The zero-order chi connectivity index (χ0) is 27.2. The van der Waals surface area contributed by atoms with Crippen molar-refractivity contribution in [2.24, 2.45) is 26.4 Å². The van der Waals surface area contributed by atoms with Crippen LogP contribution in [0, 0.1) is 5.41 Å². The Kier molecular flexibility index (Phi) is 7.97. The van der Waals surface area contributed by atoms with Crippen LogP contribution in [0.1, 0.15) is 30.4 Å². The van der Waals surface area contributed by atoms with Gasteiger partial charge in [-0.1, -0.05) is 48.5 Å². The molecule has 1 atom stereocenters. The molecule has 3 aliphatic rings. The maximum Gasteiger partial charge on any atom is 0.291 e. The number of para-hydroxylation sites is 1. The molecule has 2 fully saturated rings. The highest BCUT2D eigenvalue weighted by molar-refractivity contribution is 6.19. The summed E-state index contributed by atoms with van der Waals surface area (Å²) >= 11 is 0. The maximum absolute atomic E-state index is 13.1. The number of amides is 1.